The van der Waals surface area contributed by atoms with E-state index in [0.717, 1.165) is 22.9 Å². The minimum absolute atomic E-state index is 0.319. The van der Waals surface area contributed by atoms with E-state index in [1.165, 1.54) is 25.2 Å². The van der Waals surface area contributed by atoms with Gasteiger partial charge in [-0.1, -0.05) is 18.2 Å². The highest BCUT2D eigenvalue weighted by Crippen LogP contribution is 2.28. The molecule has 128 valence electrons. The average molecular weight is 356 g/mol. The maximum atomic E-state index is 12.5. The first-order valence-electron chi connectivity index (χ1n) is 6.43. The highest BCUT2D eigenvalue weighted by atomic mass is 32.2. The van der Waals surface area contributed by atoms with Gasteiger partial charge >= 0.3 is 10.9 Å². The maximum Gasteiger partial charge on any atom is 0.437 e. The van der Waals surface area contributed by atoms with Crippen molar-refractivity contribution in [1.82, 2.24) is 9.55 Å². The summed E-state index contributed by atoms with van der Waals surface area (Å²) in [6, 6.07) is 6.40. The van der Waals surface area contributed by atoms with Crippen molar-refractivity contribution in [3.8, 4) is 0 Å². The van der Waals surface area contributed by atoms with Crippen LogP contribution in [0.25, 0.3) is 0 Å². The van der Waals surface area contributed by atoms with Crippen molar-refractivity contribution in [2.45, 2.75) is 16.4 Å². The molecule has 1 unspecified atom stereocenters. The van der Waals surface area contributed by atoms with Crippen LogP contribution >= 0.6 is 0 Å². The van der Waals surface area contributed by atoms with Crippen molar-refractivity contribution in [3.63, 3.8) is 0 Å². The van der Waals surface area contributed by atoms with Crippen molar-refractivity contribution in [1.29, 1.82) is 0 Å². The second-order valence-electron chi connectivity index (χ2n) is 4.84. The molecule has 0 aliphatic heterocycles. The largest absolute Gasteiger partial charge is 0.437 e. The normalized spacial score (nSPS) is 14.1. The molecule has 0 fully saturated rings. The van der Waals surface area contributed by atoms with Gasteiger partial charge in [-0.25, -0.2) is 18.0 Å². The number of hydrogen-bond acceptors (Lipinski definition) is 8. The van der Waals surface area contributed by atoms with Crippen molar-refractivity contribution in [2.24, 2.45) is 7.05 Å². The summed E-state index contributed by atoms with van der Waals surface area (Å²) in [5.41, 5.74) is 0. The lowest BCUT2D eigenvalue weighted by atomic mass is 10.3. The third-order valence-electron chi connectivity index (χ3n) is 3.40. The summed E-state index contributed by atoms with van der Waals surface area (Å²) in [6.45, 7) is 0. The number of rotatable bonds is 6. The fourth-order valence-electron chi connectivity index (χ4n) is 2.02. The Kier molecular flexibility index (Phi) is 4.36. The smallest absolute Gasteiger partial charge is 0.358 e. The van der Waals surface area contributed by atoms with Crippen LogP contribution in [0.5, 0.6) is 0 Å². The van der Waals surface area contributed by atoms with Crippen molar-refractivity contribution in [3.05, 3.63) is 62.6 Å². The first kappa shape index (κ1) is 17.5. The summed E-state index contributed by atoms with van der Waals surface area (Å²) >= 11 is 0. The van der Waals surface area contributed by atoms with Gasteiger partial charge in [-0.15, -0.1) is 0 Å². The Morgan fingerprint density at radius 1 is 1.25 bits per heavy atom. The summed E-state index contributed by atoms with van der Waals surface area (Å²) < 4.78 is 25.8. The van der Waals surface area contributed by atoms with Crippen LogP contribution in [0, 0.1) is 20.2 Å². The minimum atomic E-state index is -4.79. The third-order valence-corrected chi connectivity index (χ3v) is 5.45. The van der Waals surface area contributed by atoms with Gasteiger partial charge in [-0.2, -0.15) is 0 Å². The monoisotopic (exact) mass is 356 g/mol. The molecule has 1 heterocycles. The highest BCUT2D eigenvalue weighted by Gasteiger charge is 2.57. The Hall–Kier alpha value is -2.86. The minimum Gasteiger partial charge on any atom is -0.358 e. The molecule has 0 amide bonds. The Balaban J connectivity index is 2.53. The van der Waals surface area contributed by atoms with Gasteiger partial charge < -0.3 is 15.2 Å². The van der Waals surface area contributed by atoms with Crippen LogP contribution in [0.2, 0.25) is 0 Å². The maximum absolute atomic E-state index is 12.5. The number of benzene rings is 1. The van der Waals surface area contributed by atoms with Crippen LogP contribution < -0.4 is 0 Å². The Labute approximate surface area is 135 Å². The van der Waals surface area contributed by atoms with E-state index >= 15 is 0 Å². The quantitative estimate of drug-likeness (QED) is 0.438. The second kappa shape index (κ2) is 5.98. The van der Waals surface area contributed by atoms with E-state index < -0.39 is 41.9 Å². The van der Waals surface area contributed by atoms with E-state index in [2.05, 4.69) is 4.98 Å². The lowest BCUT2D eigenvalue weighted by Gasteiger charge is -2.18. The first-order valence-corrected chi connectivity index (χ1v) is 7.91. The van der Waals surface area contributed by atoms with Gasteiger partial charge in [0.1, 0.15) is 12.6 Å². The van der Waals surface area contributed by atoms with Gasteiger partial charge in [0.05, 0.1) is 16.9 Å². The average Bonchev–Trinajstić information content (AvgIpc) is 2.88. The second-order valence-corrected chi connectivity index (χ2v) is 6.97. The molecule has 0 aliphatic rings. The van der Waals surface area contributed by atoms with Crippen LogP contribution in [0.15, 0.2) is 41.4 Å². The summed E-state index contributed by atoms with van der Waals surface area (Å²) in [4.78, 5) is 23.1. The van der Waals surface area contributed by atoms with Gasteiger partial charge in [0.15, 0.2) is 0 Å². The molecule has 0 bridgehead atoms. The van der Waals surface area contributed by atoms with E-state index in [9.17, 15) is 33.8 Å². The molecular formula is C12H12N4O7S. The molecule has 12 heteroatoms. The van der Waals surface area contributed by atoms with E-state index in [0.29, 0.717) is 0 Å². The standard InChI is InChI=1S/C12H12N4O7S/c1-14-10(13-8-11(14)15(18)19)7-12(17,16(20)21)24(22,23)9-5-3-2-4-6-9/h2-6,8,17H,7H2,1H3. The molecule has 1 N–H and O–H groups in total. The van der Waals surface area contributed by atoms with E-state index in [1.54, 1.807) is 0 Å². The first-order chi connectivity index (χ1) is 11.1. The van der Waals surface area contributed by atoms with E-state index in [1.807, 2.05) is 0 Å². The number of sulfone groups is 1. The topological polar surface area (TPSA) is 158 Å². The number of aliphatic hydroxyl groups is 1. The SMILES string of the molecule is Cn1c([N+](=O)[O-])cnc1CC(O)([N+](=O)[O-])S(=O)(=O)c1ccccc1. The van der Waals surface area contributed by atoms with Gasteiger partial charge in [0, 0.05) is 0 Å². The fourth-order valence-corrected chi connectivity index (χ4v) is 3.43. The number of nitro groups is 2. The van der Waals surface area contributed by atoms with Gasteiger partial charge in [-0.3, -0.25) is 10.1 Å². The lowest BCUT2D eigenvalue weighted by Crippen LogP contribution is -2.48. The Morgan fingerprint density at radius 3 is 2.29 bits per heavy atom. The third kappa shape index (κ3) is 2.72. The molecule has 1 atom stereocenters. The molecule has 2 aromatic rings. The fraction of sp³-hybridized carbons (Fsp3) is 0.250. The molecule has 0 saturated heterocycles. The number of imidazole rings is 1. The zero-order valence-electron chi connectivity index (χ0n) is 12.3. The van der Waals surface area contributed by atoms with Crippen LogP contribution in [-0.2, 0) is 23.3 Å². The van der Waals surface area contributed by atoms with Gasteiger partial charge in [0.2, 0.25) is 5.82 Å². The van der Waals surface area contributed by atoms with Crippen LogP contribution in [-0.4, -0.2) is 38.0 Å². The number of hydrogen-bond donors (Lipinski definition) is 1. The van der Waals surface area contributed by atoms with Gasteiger partial charge in [0.25, 0.3) is 9.84 Å². The van der Waals surface area contributed by atoms with E-state index in [4.69, 9.17) is 0 Å². The Morgan fingerprint density at radius 2 is 1.83 bits per heavy atom. The summed E-state index contributed by atoms with van der Waals surface area (Å²) in [6.07, 6.45) is -0.230. The molecule has 0 saturated carbocycles. The molecule has 0 aliphatic carbocycles. The van der Waals surface area contributed by atoms with Crippen molar-refractivity contribution >= 4 is 15.7 Å². The predicted octanol–water partition coefficient (Wildman–Crippen LogP) is 0.268. The van der Waals surface area contributed by atoms with Crippen molar-refractivity contribution < 1.29 is 23.4 Å². The molecule has 2 rings (SSSR count). The summed E-state index contributed by atoms with van der Waals surface area (Å²) in [5, 5.41) is 29.0. The van der Waals surface area contributed by atoms with Crippen molar-refractivity contribution in [2.75, 3.05) is 0 Å². The van der Waals surface area contributed by atoms with Crippen LogP contribution in [0.4, 0.5) is 5.82 Å². The zero-order valence-corrected chi connectivity index (χ0v) is 13.1. The van der Waals surface area contributed by atoms with Gasteiger partial charge in [-0.05, 0) is 17.1 Å². The lowest BCUT2D eigenvalue weighted by molar-refractivity contribution is -0.591. The molecule has 0 radical (unpaired) electrons. The molecule has 1 aromatic carbocycles. The molecule has 11 nitrogen and oxygen atoms in total. The van der Waals surface area contributed by atoms with Crippen LogP contribution in [0.3, 0.4) is 0 Å². The highest BCUT2D eigenvalue weighted by molar-refractivity contribution is 7.92. The molecule has 24 heavy (non-hydrogen) atoms. The molecule has 0 spiro atoms. The summed E-state index contributed by atoms with van der Waals surface area (Å²) in [5.74, 6) is -0.812. The van der Waals surface area contributed by atoms with E-state index in [-0.39, 0.29) is 5.82 Å². The number of nitrogens with zero attached hydrogens (tertiary/aromatic N) is 4. The number of aromatic nitrogens is 2. The molecular weight excluding hydrogens is 344 g/mol. The zero-order chi connectivity index (χ0) is 18.1. The summed E-state index contributed by atoms with van der Waals surface area (Å²) in [7, 11) is -3.60. The Bertz CT molecular complexity index is 893. The molecule has 1 aromatic heterocycles. The van der Waals surface area contributed by atoms with Crippen LogP contribution in [0.1, 0.15) is 5.82 Å². The predicted molar refractivity (Wildman–Crippen MR) is 79.1 cm³/mol.